The molecule has 3 rings (SSSR count). The third kappa shape index (κ3) is 5.85. The lowest BCUT2D eigenvalue weighted by atomic mass is 9.96. The van der Waals surface area contributed by atoms with Crippen LogP contribution in [0, 0.1) is 12.8 Å². The van der Waals surface area contributed by atoms with Gasteiger partial charge < -0.3 is 20.1 Å². The molecule has 1 saturated heterocycles. The summed E-state index contributed by atoms with van der Waals surface area (Å²) in [4.78, 5) is 46.9. The third-order valence-electron chi connectivity index (χ3n) is 5.10. The first-order valence-electron chi connectivity index (χ1n) is 9.92. The Balaban J connectivity index is 1.58. The van der Waals surface area contributed by atoms with Crippen LogP contribution in [-0.4, -0.2) is 57.4 Å². The molecule has 30 heavy (non-hydrogen) atoms. The predicted octanol–water partition coefficient (Wildman–Crippen LogP) is 0.836. The molecule has 0 aliphatic carbocycles. The Hall–Kier alpha value is -3.30. The van der Waals surface area contributed by atoms with Gasteiger partial charge in [-0.05, 0) is 19.8 Å². The number of aromatic nitrogens is 3. The van der Waals surface area contributed by atoms with Gasteiger partial charge in [-0.15, -0.1) is 0 Å². The van der Waals surface area contributed by atoms with Gasteiger partial charge in [-0.25, -0.2) is 9.97 Å². The van der Waals surface area contributed by atoms with Crippen molar-refractivity contribution in [3.8, 4) is 0 Å². The SMILES string of the molecule is Cc1cc(CNC(=O)[C@@H]2CCC[C@@H](NC(=O)c3cncnc3)CN(C)C(=O)C2)no1. The molecule has 1 fully saturated rings. The molecule has 10 nitrogen and oxygen atoms in total. The zero-order valence-corrected chi connectivity index (χ0v) is 17.1. The molecule has 2 atom stereocenters. The number of hydrogen-bond acceptors (Lipinski definition) is 7. The average molecular weight is 414 g/mol. The molecule has 3 heterocycles. The van der Waals surface area contributed by atoms with E-state index in [9.17, 15) is 14.4 Å². The molecule has 2 aromatic rings. The molecule has 0 unspecified atom stereocenters. The van der Waals surface area contributed by atoms with Crippen molar-refractivity contribution in [1.82, 2.24) is 30.7 Å². The molecule has 160 valence electrons. The van der Waals surface area contributed by atoms with Crippen molar-refractivity contribution in [1.29, 1.82) is 0 Å². The fourth-order valence-electron chi connectivity index (χ4n) is 3.45. The second-order valence-electron chi connectivity index (χ2n) is 7.55. The predicted molar refractivity (Wildman–Crippen MR) is 106 cm³/mol. The number of carbonyl (C=O) groups excluding carboxylic acids is 3. The molecule has 0 aromatic carbocycles. The first kappa shape index (κ1) is 21.4. The number of likely N-dealkylation sites (N-methyl/N-ethyl adjacent to an activating group) is 1. The fraction of sp³-hybridized carbons (Fsp3) is 0.500. The van der Waals surface area contributed by atoms with Gasteiger partial charge >= 0.3 is 0 Å². The molecule has 0 radical (unpaired) electrons. The molecular weight excluding hydrogens is 388 g/mol. The molecule has 2 N–H and O–H groups in total. The first-order valence-corrected chi connectivity index (χ1v) is 9.92. The largest absolute Gasteiger partial charge is 0.361 e. The van der Waals surface area contributed by atoms with Crippen molar-refractivity contribution in [3.63, 3.8) is 0 Å². The van der Waals surface area contributed by atoms with Crippen LogP contribution in [0.15, 0.2) is 29.3 Å². The van der Waals surface area contributed by atoms with Gasteiger partial charge in [-0.2, -0.15) is 0 Å². The number of carbonyl (C=O) groups is 3. The fourth-order valence-corrected chi connectivity index (χ4v) is 3.45. The van der Waals surface area contributed by atoms with Gasteiger partial charge in [0.05, 0.1) is 12.1 Å². The highest BCUT2D eigenvalue weighted by atomic mass is 16.5. The standard InChI is InChI=1S/C20H26N6O4/c1-13-6-17(25-30-13)10-23-19(28)14-4-3-5-16(11-26(2)18(27)7-14)24-20(29)15-8-21-12-22-9-15/h6,8-9,12,14,16H,3-5,7,10-11H2,1-2H3,(H,23,28)(H,24,29)/t14-,16-/m1/s1. The monoisotopic (exact) mass is 414 g/mol. The maximum Gasteiger partial charge on any atom is 0.254 e. The maximum atomic E-state index is 12.6. The minimum absolute atomic E-state index is 0.128. The van der Waals surface area contributed by atoms with E-state index >= 15 is 0 Å². The molecule has 3 amide bonds. The molecule has 1 aliphatic heterocycles. The molecular formula is C20H26N6O4. The Morgan fingerprint density at radius 1 is 1.27 bits per heavy atom. The Morgan fingerprint density at radius 3 is 2.73 bits per heavy atom. The average Bonchev–Trinajstić information content (AvgIpc) is 3.18. The van der Waals surface area contributed by atoms with Crippen molar-refractivity contribution in [2.75, 3.05) is 13.6 Å². The van der Waals surface area contributed by atoms with Gasteiger partial charge in [0, 0.05) is 50.4 Å². The molecule has 0 saturated carbocycles. The smallest absolute Gasteiger partial charge is 0.254 e. The normalized spacial score (nSPS) is 20.1. The van der Waals surface area contributed by atoms with Crippen LogP contribution >= 0.6 is 0 Å². The van der Waals surface area contributed by atoms with E-state index in [1.54, 1.807) is 24.9 Å². The molecule has 10 heteroatoms. The Labute approximate surface area is 174 Å². The van der Waals surface area contributed by atoms with Gasteiger partial charge in [-0.3, -0.25) is 14.4 Å². The van der Waals surface area contributed by atoms with Crippen LogP contribution in [0.25, 0.3) is 0 Å². The van der Waals surface area contributed by atoms with E-state index in [2.05, 4.69) is 25.8 Å². The highest BCUT2D eigenvalue weighted by Crippen LogP contribution is 2.19. The van der Waals surface area contributed by atoms with Gasteiger partial charge in [-0.1, -0.05) is 11.6 Å². The summed E-state index contributed by atoms with van der Waals surface area (Å²) in [5, 5.41) is 9.63. The molecule has 2 aromatic heterocycles. The van der Waals surface area contributed by atoms with Crippen LogP contribution in [0.4, 0.5) is 0 Å². The van der Waals surface area contributed by atoms with E-state index in [1.165, 1.54) is 18.7 Å². The van der Waals surface area contributed by atoms with Gasteiger partial charge in [0.25, 0.3) is 5.91 Å². The van der Waals surface area contributed by atoms with Crippen LogP contribution in [0.5, 0.6) is 0 Å². The summed E-state index contributed by atoms with van der Waals surface area (Å²) in [7, 11) is 1.69. The first-order chi connectivity index (χ1) is 14.4. The van der Waals surface area contributed by atoms with E-state index < -0.39 is 5.92 Å². The molecule has 0 spiro atoms. The zero-order valence-electron chi connectivity index (χ0n) is 17.1. The van der Waals surface area contributed by atoms with Crippen LogP contribution < -0.4 is 10.6 Å². The van der Waals surface area contributed by atoms with Crippen LogP contribution in [0.2, 0.25) is 0 Å². The van der Waals surface area contributed by atoms with Crippen molar-refractivity contribution >= 4 is 17.7 Å². The summed E-state index contributed by atoms with van der Waals surface area (Å²) in [6.45, 7) is 2.42. The summed E-state index contributed by atoms with van der Waals surface area (Å²) >= 11 is 0. The lowest BCUT2D eigenvalue weighted by molar-refractivity contribution is -0.135. The van der Waals surface area contributed by atoms with Crippen LogP contribution in [0.1, 0.15) is 47.5 Å². The Bertz CT molecular complexity index is 884. The summed E-state index contributed by atoms with van der Waals surface area (Å²) < 4.78 is 5.00. The van der Waals surface area contributed by atoms with E-state index in [1.807, 2.05) is 0 Å². The van der Waals surface area contributed by atoms with E-state index in [4.69, 9.17) is 4.52 Å². The summed E-state index contributed by atoms with van der Waals surface area (Å²) in [6, 6.07) is 1.54. The summed E-state index contributed by atoms with van der Waals surface area (Å²) in [6.07, 6.45) is 6.31. The minimum Gasteiger partial charge on any atom is -0.361 e. The van der Waals surface area contributed by atoms with Crippen molar-refractivity contribution in [3.05, 3.63) is 41.8 Å². The molecule has 0 bridgehead atoms. The number of amides is 3. The maximum absolute atomic E-state index is 12.6. The van der Waals surface area contributed by atoms with E-state index in [-0.39, 0.29) is 36.7 Å². The zero-order chi connectivity index (χ0) is 21.5. The van der Waals surface area contributed by atoms with Crippen LogP contribution in [-0.2, 0) is 16.1 Å². The van der Waals surface area contributed by atoms with Gasteiger partial charge in [0.15, 0.2) is 0 Å². The Kier molecular flexibility index (Phi) is 7.10. The third-order valence-corrected chi connectivity index (χ3v) is 5.10. The highest BCUT2D eigenvalue weighted by Gasteiger charge is 2.28. The summed E-state index contributed by atoms with van der Waals surface area (Å²) in [5.41, 5.74) is 1.01. The lowest BCUT2D eigenvalue weighted by Crippen LogP contribution is -2.44. The number of aryl methyl sites for hydroxylation is 1. The Morgan fingerprint density at radius 2 is 2.03 bits per heavy atom. The number of nitrogens with one attached hydrogen (secondary N) is 2. The number of nitrogens with zero attached hydrogens (tertiary/aromatic N) is 4. The lowest BCUT2D eigenvalue weighted by Gasteiger charge is -2.24. The quantitative estimate of drug-likeness (QED) is 0.741. The van der Waals surface area contributed by atoms with E-state index in [0.29, 0.717) is 42.8 Å². The number of rotatable bonds is 5. The highest BCUT2D eigenvalue weighted by molar-refractivity contribution is 5.93. The van der Waals surface area contributed by atoms with E-state index in [0.717, 1.165) is 0 Å². The van der Waals surface area contributed by atoms with Crippen molar-refractivity contribution in [2.24, 2.45) is 5.92 Å². The van der Waals surface area contributed by atoms with Crippen molar-refractivity contribution in [2.45, 2.75) is 45.2 Å². The number of hydrogen-bond donors (Lipinski definition) is 2. The second kappa shape index (κ2) is 9.95. The van der Waals surface area contributed by atoms with Gasteiger partial charge in [0.2, 0.25) is 11.8 Å². The van der Waals surface area contributed by atoms with Gasteiger partial charge in [0.1, 0.15) is 17.8 Å². The topological polar surface area (TPSA) is 130 Å². The second-order valence-corrected chi connectivity index (χ2v) is 7.55. The minimum atomic E-state index is -0.426. The van der Waals surface area contributed by atoms with Crippen molar-refractivity contribution < 1.29 is 18.9 Å². The summed E-state index contributed by atoms with van der Waals surface area (Å²) in [5.74, 6) is -0.339. The van der Waals surface area contributed by atoms with Crippen LogP contribution in [0.3, 0.4) is 0 Å². The molecule has 1 aliphatic rings.